The predicted molar refractivity (Wildman–Crippen MR) is 215 cm³/mol. The van der Waals surface area contributed by atoms with E-state index in [1.54, 1.807) is 42.3 Å². The van der Waals surface area contributed by atoms with E-state index in [4.69, 9.17) is 25.8 Å². The lowest BCUT2D eigenvalue weighted by molar-refractivity contribution is -0.138. The maximum absolute atomic E-state index is 14.3. The summed E-state index contributed by atoms with van der Waals surface area (Å²) in [7, 11) is 1.57. The smallest absolute Gasteiger partial charge is 0.256 e. The van der Waals surface area contributed by atoms with Crippen LogP contribution in [0, 0.1) is 11.2 Å². The molecule has 0 unspecified atom stereocenters. The predicted octanol–water partition coefficient (Wildman–Crippen LogP) is 8.86. The van der Waals surface area contributed by atoms with Crippen LogP contribution in [0.4, 0.5) is 10.1 Å². The van der Waals surface area contributed by atoms with E-state index < -0.39 is 23.9 Å². The summed E-state index contributed by atoms with van der Waals surface area (Å²) in [5, 5.41) is 6.74. The summed E-state index contributed by atoms with van der Waals surface area (Å²) >= 11 is 6.59. The Hall–Kier alpha value is -4.15. The Kier molecular flexibility index (Phi) is 16.2. The van der Waals surface area contributed by atoms with Crippen LogP contribution in [0.3, 0.4) is 0 Å². The highest BCUT2D eigenvalue weighted by Gasteiger charge is 2.40. The Balaban J connectivity index is 0.00000650. The van der Waals surface area contributed by atoms with Crippen LogP contribution >= 0.6 is 24.0 Å². The van der Waals surface area contributed by atoms with Crippen molar-refractivity contribution in [3.05, 3.63) is 124 Å². The largest absolute Gasteiger partial charge is 0.492 e. The topological polar surface area (TPSA) is 89.1 Å². The third-order valence-electron chi connectivity index (χ3n) is 9.00. The van der Waals surface area contributed by atoms with Gasteiger partial charge in [-0.2, -0.15) is 0 Å². The number of benzene rings is 4. The van der Waals surface area contributed by atoms with E-state index in [0.717, 1.165) is 38.8 Å². The van der Waals surface area contributed by atoms with Gasteiger partial charge in [0, 0.05) is 40.5 Å². The Morgan fingerprint density at radius 1 is 0.926 bits per heavy atom. The number of aryl methyl sites for hydroxylation is 1. The Bertz CT molecular complexity index is 1820. The van der Waals surface area contributed by atoms with Crippen LogP contribution in [0.2, 0.25) is 5.02 Å². The summed E-state index contributed by atoms with van der Waals surface area (Å²) in [4.78, 5) is 29.4. The van der Waals surface area contributed by atoms with Crippen LogP contribution in [-0.2, 0) is 27.3 Å². The molecule has 0 bridgehead atoms. The molecule has 54 heavy (non-hydrogen) atoms. The zero-order valence-corrected chi connectivity index (χ0v) is 33.1. The molecule has 1 heterocycles. The lowest BCUT2D eigenvalue weighted by atomic mass is 9.94. The molecule has 5 rings (SSSR count). The maximum Gasteiger partial charge on any atom is 0.256 e. The van der Waals surface area contributed by atoms with Gasteiger partial charge in [-0.05, 0) is 80.1 Å². The number of hydrogen-bond donors (Lipinski definition) is 2. The number of nitrogens with zero attached hydrogens (tertiary/aromatic N) is 1. The minimum atomic E-state index is -1.16. The van der Waals surface area contributed by atoms with Crippen molar-refractivity contribution in [1.82, 2.24) is 10.6 Å². The number of carbonyl (C=O) groups excluding carboxylic acids is 2. The molecule has 290 valence electrons. The first-order valence-corrected chi connectivity index (χ1v) is 18.7. The molecular formula is C43H52Cl2FN3O5. The lowest BCUT2D eigenvalue weighted by Crippen LogP contribution is -2.45. The van der Waals surface area contributed by atoms with Crippen molar-refractivity contribution in [2.75, 3.05) is 38.3 Å². The van der Waals surface area contributed by atoms with E-state index in [2.05, 4.69) is 34.9 Å². The van der Waals surface area contributed by atoms with E-state index in [0.29, 0.717) is 52.1 Å². The molecule has 1 aliphatic rings. The quantitative estimate of drug-likeness (QED) is 0.104. The number of methoxy groups -OCH3 is 1. The van der Waals surface area contributed by atoms with Gasteiger partial charge in [-0.1, -0.05) is 93.0 Å². The first kappa shape index (κ1) is 42.6. The summed E-state index contributed by atoms with van der Waals surface area (Å²) in [5.74, 6) is -0.207. The minimum absolute atomic E-state index is 0. The van der Waals surface area contributed by atoms with Gasteiger partial charge in [0.25, 0.3) is 5.91 Å². The van der Waals surface area contributed by atoms with Gasteiger partial charge in [-0.15, -0.1) is 12.4 Å². The molecule has 0 spiro atoms. The van der Waals surface area contributed by atoms with E-state index in [-0.39, 0.29) is 36.7 Å². The van der Waals surface area contributed by atoms with Gasteiger partial charge in [-0.3, -0.25) is 9.59 Å². The van der Waals surface area contributed by atoms with Crippen LogP contribution in [0.1, 0.15) is 74.8 Å². The van der Waals surface area contributed by atoms with Crippen LogP contribution < -0.4 is 25.0 Å². The highest BCUT2D eigenvalue weighted by atomic mass is 35.5. The fraction of sp³-hybridized carbons (Fsp3) is 0.395. The van der Waals surface area contributed by atoms with Crippen LogP contribution in [0.5, 0.6) is 11.5 Å². The number of hydrogen-bond acceptors (Lipinski definition) is 6. The van der Waals surface area contributed by atoms with Crippen molar-refractivity contribution in [3.63, 3.8) is 0 Å². The third-order valence-corrected chi connectivity index (χ3v) is 9.24. The van der Waals surface area contributed by atoms with E-state index >= 15 is 0 Å². The van der Waals surface area contributed by atoms with Gasteiger partial charge in [0.15, 0.2) is 11.5 Å². The van der Waals surface area contributed by atoms with Gasteiger partial charge in [0.1, 0.15) is 18.0 Å². The standard InChI is InChI=1S/C43H51ClFN3O5.ClH/c1-43(2,3)29-48-36-22-21-32(44)26-34(36)40(53-38(42(48)50)27-39(49)47-28-31-17-8-9-19-35(31)45)33-18-12-20-37(41(33)51-4)52-25-13-24-46-23-11-10-16-30-14-6-5-7-15-30;/h5-9,12,14-15,17-22,26,38,40,46H,10-11,13,16,23-25,27-29H2,1-4H3,(H,47,49);1H/t38-,40-;/m0./s1. The Morgan fingerprint density at radius 3 is 2.41 bits per heavy atom. The molecule has 1 aliphatic heterocycles. The Morgan fingerprint density at radius 2 is 1.67 bits per heavy atom. The number of fused-ring (bicyclic) bond motifs is 1. The van der Waals surface area contributed by atoms with E-state index in [9.17, 15) is 14.0 Å². The Labute approximate surface area is 330 Å². The highest BCUT2D eigenvalue weighted by Crippen LogP contribution is 2.45. The summed E-state index contributed by atoms with van der Waals surface area (Å²) in [5.41, 5.74) is 3.36. The van der Waals surface area contributed by atoms with Gasteiger partial charge in [0.05, 0.1) is 20.1 Å². The number of para-hydroxylation sites is 1. The number of carbonyl (C=O) groups is 2. The zero-order valence-electron chi connectivity index (χ0n) is 31.5. The van der Waals surface area contributed by atoms with Gasteiger partial charge in [0.2, 0.25) is 5.91 Å². The van der Waals surface area contributed by atoms with Crippen molar-refractivity contribution >= 4 is 41.5 Å². The number of amides is 2. The molecule has 0 saturated carbocycles. The highest BCUT2D eigenvalue weighted by molar-refractivity contribution is 6.30. The first-order chi connectivity index (χ1) is 25.5. The van der Waals surface area contributed by atoms with Crippen LogP contribution in [-0.4, -0.2) is 51.3 Å². The monoisotopic (exact) mass is 779 g/mol. The summed E-state index contributed by atoms with van der Waals surface area (Å²) in [6.45, 7) is 8.70. The van der Waals surface area contributed by atoms with E-state index in [1.165, 1.54) is 11.6 Å². The van der Waals surface area contributed by atoms with Crippen molar-refractivity contribution in [2.45, 2.75) is 71.6 Å². The number of rotatable bonds is 17. The van der Waals surface area contributed by atoms with Gasteiger partial charge in [-0.25, -0.2) is 4.39 Å². The SMILES string of the molecule is COc1c(OCCCNCCCCc2ccccc2)cccc1[C@@H]1O[C@@H](CC(=O)NCc2ccccc2F)C(=O)N(CC(C)(C)C)c2ccc(Cl)cc21.Cl. The molecule has 4 aromatic rings. The van der Waals surface area contributed by atoms with Crippen LogP contribution in [0.15, 0.2) is 91.0 Å². The average molecular weight is 781 g/mol. The molecule has 8 nitrogen and oxygen atoms in total. The molecule has 2 atom stereocenters. The fourth-order valence-corrected chi connectivity index (χ4v) is 6.64. The zero-order chi connectivity index (χ0) is 37.8. The molecule has 0 saturated heterocycles. The van der Waals surface area contributed by atoms with Gasteiger partial charge >= 0.3 is 0 Å². The molecular weight excluding hydrogens is 728 g/mol. The third kappa shape index (κ3) is 11.9. The number of ether oxygens (including phenoxy) is 3. The van der Waals surface area contributed by atoms with Crippen molar-refractivity contribution in [2.24, 2.45) is 5.41 Å². The average Bonchev–Trinajstić information content (AvgIpc) is 3.23. The van der Waals surface area contributed by atoms with Crippen molar-refractivity contribution < 1.29 is 28.2 Å². The molecule has 0 fully saturated rings. The number of nitrogens with one attached hydrogen (secondary N) is 2. The molecule has 11 heteroatoms. The molecule has 0 radical (unpaired) electrons. The maximum atomic E-state index is 14.3. The van der Waals surface area contributed by atoms with Crippen molar-refractivity contribution in [1.29, 1.82) is 0 Å². The van der Waals surface area contributed by atoms with Crippen molar-refractivity contribution in [3.8, 4) is 11.5 Å². The second-order valence-corrected chi connectivity index (χ2v) is 15.0. The van der Waals surface area contributed by atoms with Crippen LogP contribution in [0.25, 0.3) is 0 Å². The normalized spacial score (nSPS) is 15.5. The number of unbranched alkanes of at least 4 members (excludes halogenated alkanes) is 1. The summed E-state index contributed by atoms with van der Waals surface area (Å²) in [6.07, 6.45) is 1.83. The number of halogens is 3. The van der Waals surface area contributed by atoms with E-state index in [1.807, 2.05) is 51.1 Å². The molecule has 2 amide bonds. The lowest BCUT2D eigenvalue weighted by Gasteiger charge is -2.31. The molecule has 4 aromatic carbocycles. The molecule has 0 aliphatic carbocycles. The second kappa shape index (κ2) is 20.5. The number of anilines is 1. The molecule has 2 N–H and O–H groups in total. The summed E-state index contributed by atoms with van der Waals surface area (Å²) in [6, 6.07) is 27.7. The second-order valence-electron chi connectivity index (χ2n) is 14.5. The van der Waals surface area contributed by atoms with Gasteiger partial charge < -0.3 is 29.7 Å². The first-order valence-electron chi connectivity index (χ1n) is 18.3. The minimum Gasteiger partial charge on any atom is -0.492 e. The fourth-order valence-electron chi connectivity index (χ4n) is 6.46. The summed E-state index contributed by atoms with van der Waals surface area (Å²) < 4.78 is 33.2. The molecule has 0 aromatic heterocycles.